The molecule has 0 saturated heterocycles. The van der Waals surface area contributed by atoms with E-state index in [4.69, 9.17) is 28.5 Å². The summed E-state index contributed by atoms with van der Waals surface area (Å²) in [7, 11) is 0. The van der Waals surface area contributed by atoms with E-state index in [-0.39, 0.29) is 5.82 Å². The van der Waals surface area contributed by atoms with Crippen LogP contribution in [-0.4, -0.2) is 0 Å². The van der Waals surface area contributed by atoms with Gasteiger partial charge in [0.15, 0.2) is 0 Å². The largest absolute Gasteiger partial charge is 0.381 e. The predicted octanol–water partition coefficient (Wildman–Crippen LogP) is 4.62. The van der Waals surface area contributed by atoms with Gasteiger partial charge in [-0.25, -0.2) is 4.39 Å². The number of hydrogen-bond donors (Lipinski definition) is 1. The van der Waals surface area contributed by atoms with Crippen LogP contribution in [0.3, 0.4) is 0 Å². The molecular weight excluding hydrogens is 286 g/mol. The van der Waals surface area contributed by atoms with Crippen molar-refractivity contribution in [1.82, 2.24) is 0 Å². The normalized spacial score (nSPS) is 10.0. The monoisotopic (exact) mass is 294 g/mol. The van der Waals surface area contributed by atoms with E-state index in [9.17, 15) is 4.39 Å². The van der Waals surface area contributed by atoms with Crippen molar-refractivity contribution >= 4 is 28.9 Å². The first-order chi connectivity index (χ1) is 9.10. The summed E-state index contributed by atoms with van der Waals surface area (Å²) in [6, 6.07) is 11.5. The average molecular weight is 295 g/mol. The molecule has 0 heterocycles. The van der Waals surface area contributed by atoms with Crippen molar-refractivity contribution in [3.63, 3.8) is 0 Å². The third-order valence-electron chi connectivity index (χ3n) is 2.58. The average Bonchev–Trinajstić information content (AvgIpc) is 2.39. The molecule has 96 valence electrons. The summed E-state index contributed by atoms with van der Waals surface area (Å²) < 4.78 is 13.6. The lowest BCUT2D eigenvalue weighted by atomic mass is 10.2. The lowest BCUT2D eigenvalue weighted by molar-refractivity contribution is 0.613. The molecule has 0 aliphatic heterocycles. The molecule has 0 bridgehead atoms. The standard InChI is InChI=1S/C14H9Cl2FN2/c15-11-2-1-9(14(17)6-11)8-19-12-3-4-13(16)10(5-12)7-18/h1-6,19H,8H2. The molecule has 2 aromatic rings. The van der Waals surface area contributed by atoms with Crippen molar-refractivity contribution in [1.29, 1.82) is 5.26 Å². The molecule has 2 rings (SSSR count). The first-order valence-electron chi connectivity index (χ1n) is 5.47. The number of anilines is 1. The molecule has 0 radical (unpaired) electrons. The summed E-state index contributed by atoms with van der Waals surface area (Å²) in [6.07, 6.45) is 0. The van der Waals surface area contributed by atoms with Gasteiger partial charge < -0.3 is 5.32 Å². The second-order valence-electron chi connectivity index (χ2n) is 3.90. The quantitative estimate of drug-likeness (QED) is 0.897. The second kappa shape index (κ2) is 5.92. The number of nitriles is 1. The minimum atomic E-state index is -0.366. The molecule has 2 aromatic carbocycles. The second-order valence-corrected chi connectivity index (χ2v) is 4.74. The van der Waals surface area contributed by atoms with Gasteiger partial charge in [0, 0.05) is 22.8 Å². The zero-order valence-electron chi connectivity index (χ0n) is 9.75. The molecule has 0 aliphatic carbocycles. The fourth-order valence-electron chi connectivity index (χ4n) is 1.58. The van der Waals surface area contributed by atoms with E-state index in [0.29, 0.717) is 33.4 Å². The summed E-state index contributed by atoms with van der Waals surface area (Å²) in [5.74, 6) is -0.366. The van der Waals surface area contributed by atoms with Gasteiger partial charge in [-0.15, -0.1) is 0 Å². The zero-order chi connectivity index (χ0) is 13.8. The Morgan fingerprint density at radius 1 is 1.16 bits per heavy atom. The van der Waals surface area contributed by atoms with Crippen molar-refractivity contribution in [2.24, 2.45) is 0 Å². The molecule has 19 heavy (non-hydrogen) atoms. The van der Waals surface area contributed by atoms with Crippen LogP contribution in [0.4, 0.5) is 10.1 Å². The van der Waals surface area contributed by atoms with E-state index in [1.165, 1.54) is 6.07 Å². The van der Waals surface area contributed by atoms with Crippen molar-refractivity contribution in [3.8, 4) is 6.07 Å². The third kappa shape index (κ3) is 3.37. The predicted molar refractivity (Wildman–Crippen MR) is 74.9 cm³/mol. The van der Waals surface area contributed by atoms with E-state index < -0.39 is 0 Å². The highest BCUT2D eigenvalue weighted by Gasteiger charge is 2.04. The highest BCUT2D eigenvalue weighted by molar-refractivity contribution is 6.31. The Labute approximate surface area is 120 Å². The van der Waals surface area contributed by atoms with Crippen LogP contribution < -0.4 is 5.32 Å². The van der Waals surface area contributed by atoms with Crippen molar-refractivity contribution in [2.45, 2.75) is 6.54 Å². The SMILES string of the molecule is N#Cc1cc(NCc2ccc(Cl)cc2F)ccc1Cl. The number of hydrogen-bond acceptors (Lipinski definition) is 2. The number of rotatable bonds is 3. The third-order valence-corrected chi connectivity index (χ3v) is 3.15. The van der Waals surface area contributed by atoms with Crippen molar-refractivity contribution < 1.29 is 4.39 Å². The number of halogens is 3. The van der Waals surface area contributed by atoms with Gasteiger partial charge in [-0.2, -0.15) is 5.26 Å². The van der Waals surface area contributed by atoms with Crippen LogP contribution in [0.15, 0.2) is 36.4 Å². The van der Waals surface area contributed by atoms with Crippen LogP contribution >= 0.6 is 23.2 Å². The zero-order valence-corrected chi connectivity index (χ0v) is 11.3. The summed E-state index contributed by atoms with van der Waals surface area (Å²) in [5, 5.41) is 12.7. The number of nitrogens with zero attached hydrogens (tertiary/aromatic N) is 1. The Morgan fingerprint density at radius 2 is 1.95 bits per heavy atom. The van der Waals surface area contributed by atoms with Gasteiger partial charge in [-0.05, 0) is 30.3 Å². The minimum Gasteiger partial charge on any atom is -0.381 e. The summed E-state index contributed by atoms with van der Waals surface area (Å²) in [4.78, 5) is 0. The fraction of sp³-hybridized carbons (Fsp3) is 0.0714. The van der Waals surface area contributed by atoms with Gasteiger partial charge in [0.1, 0.15) is 11.9 Å². The Hall–Kier alpha value is -1.76. The van der Waals surface area contributed by atoms with E-state index in [0.717, 1.165) is 0 Å². The molecule has 0 saturated carbocycles. The van der Waals surface area contributed by atoms with E-state index in [1.54, 1.807) is 30.3 Å². The molecule has 0 aliphatic rings. The van der Waals surface area contributed by atoms with Crippen LogP contribution in [-0.2, 0) is 6.54 Å². The molecule has 2 nitrogen and oxygen atoms in total. The first-order valence-corrected chi connectivity index (χ1v) is 6.23. The van der Waals surface area contributed by atoms with E-state index >= 15 is 0 Å². The van der Waals surface area contributed by atoms with Gasteiger partial charge in [-0.3, -0.25) is 0 Å². The maximum absolute atomic E-state index is 13.6. The minimum absolute atomic E-state index is 0.301. The lowest BCUT2D eigenvalue weighted by Gasteiger charge is -2.08. The van der Waals surface area contributed by atoms with E-state index in [2.05, 4.69) is 5.32 Å². The van der Waals surface area contributed by atoms with Gasteiger partial charge in [0.2, 0.25) is 0 Å². The van der Waals surface area contributed by atoms with Crippen LogP contribution in [0.25, 0.3) is 0 Å². The molecule has 0 aromatic heterocycles. The summed E-state index contributed by atoms with van der Waals surface area (Å²) in [6.45, 7) is 0.301. The number of nitrogens with one attached hydrogen (secondary N) is 1. The van der Waals surface area contributed by atoms with Crippen LogP contribution in [0.2, 0.25) is 10.0 Å². The number of benzene rings is 2. The summed E-state index contributed by atoms with van der Waals surface area (Å²) in [5.41, 5.74) is 1.58. The smallest absolute Gasteiger partial charge is 0.129 e. The van der Waals surface area contributed by atoms with E-state index in [1.807, 2.05) is 6.07 Å². The van der Waals surface area contributed by atoms with Crippen molar-refractivity contribution in [3.05, 3.63) is 63.4 Å². The van der Waals surface area contributed by atoms with Gasteiger partial charge >= 0.3 is 0 Å². The van der Waals surface area contributed by atoms with Crippen LogP contribution in [0.1, 0.15) is 11.1 Å². The summed E-state index contributed by atoms with van der Waals surface area (Å²) >= 11 is 11.5. The van der Waals surface area contributed by atoms with Gasteiger partial charge in [0.05, 0.1) is 10.6 Å². The lowest BCUT2D eigenvalue weighted by Crippen LogP contribution is -2.02. The maximum Gasteiger partial charge on any atom is 0.129 e. The van der Waals surface area contributed by atoms with Crippen LogP contribution in [0, 0.1) is 17.1 Å². The van der Waals surface area contributed by atoms with Crippen molar-refractivity contribution in [2.75, 3.05) is 5.32 Å². The molecule has 0 spiro atoms. The maximum atomic E-state index is 13.6. The van der Waals surface area contributed by atoms with Gasteiger partial charge in [-0.1, -0.05) is 29.3 Å². The Kier molecular flexibility index (Phi) is 4.26. The van der Waals surface area contributed by atoms with Crippen LogP contribution in [0.5, 0.6) is 0 Å². The fourth-order valence-corrected chi connectivity index (χ4v) is 1.90. The van der Waals surface area contributed by atoms with Gasteiger partial charge in [0.25, 0.3) is 0 Å². The highest BCUT2D eigenvalue weighted by Crippen LogP contribution is 2.21. The molecule has 0 atom stereocenters. The first kappa shape index (κ1) is 13.7. The Balaban J connectivity index is 2.13. The molecule has 0 fully saturated rings. The molecular formula is C14H9Cl2FN2. The molecule has 1 N–H and O–H groups in total. The molecule has 0 amide bonds. The Bertz CT molecular complexity index is 650. The molecule has 5 heteroatoms. The topological polar surface area (TPSA) is 35.8 Å². The molecule has 0 unspecified atom stereocenters. The Morgan fingerprint density at radius 3 is 2.63 bits per heavy atom. The highest BCUT2D eigenvalue weighted by atomic mass is 35.5.